The number of rotatable bonds is 3. The van der Waals surface area contributed by atoms with Crippen molar-refractivity contribution in [1.82, 2.24) is 4.98 Å². The average Bonchev–Trinajstić information content (AvgIpc) is 2.34. The summed E-state index contributed by atoms with van der Waals surface area (Å²) in [7, 11) is -3.90. The van der Waals surface area contributed by atoms with Gasteiger partial charge in [-0.3, -0.25) is 9.71 Å². The van der Waals surface area contributed by atoms with E-state index < -0.39 is 10.0 Å². The van der Waals surface area contributed by atoms with E-state index in [2.05, 4.69) is 9.71 Å². The molecule has 1 heterocycles. The van der Waals surface area contributed by atoms with Crippen LogP contribution in [0.3, 0.4) is 0 Å². The molecule has 0 atom stereocenters. The molecule has 1 N–H and O–H groups in total. The van der Waals surface area contributed by atoms with E-state index in [-0.39, 0.29) is 25.7 Å². The Kier molecular flexibility index (Phi) is 4.20. The van der Waals surface area contributed by atoms with Gasteiger partial charge >= 0.3 is 0 Å². The molecule has 0 fully saturated rings. The molecule has 0 aliphatic rings. The highest BCUT2D eigenvalue weighted by molar-refractivity contribution is 7.92. The van der Waals surface area contributed by atoms with Gasteiger partial charge in [0.15, 0.2) is 0 Å². The van der Waals surface area contributed by atoms with Gasteiger partial charge in [-0.15, -0.1) is 0 Å². The summed E-state index contributed by atoms with van der Waals surface area (Å²) < 4.78 is 26.6. The van der Waals surface area contributed by atoms with E-state index in [9.17, 15) is 8.42 Å². The summed E-state index contributed by atoms with van der Waals surface area (Å²) in [4.78, 5) is 3.58. The van der Waals surface area contributed by atoms with Gasteiger partial charge in [0, 0.05) is 12.4 Å². The van der Waals surface area contributed by atoms with E-state index in [0.717, 1.165) is 6.20 Å². The molecule has 1 aromatic heterocycles. The van der Waals surface area contributed by atoms with Gasteiger partial charge in [-0.05, 0) is 18.2 Å². The number of halogens is 3. The molecule has 0 radical (unpaired) electrons. The Bertz CT molecular complexity index is 699. The Balaban J connectivity index is 2.46. The van der Waals surface area contributed by atoms with Crippen molar-refractivity contribution in [3.05, 3.63) is 51.7 Å². The quantitative estimate of drug-likeness (QED) is 0.925. The van der Waals surface area contributed by atoms with Crippen molar-refractivity contribution in [3.63, 3.8) is 0 Å². The van der Waals surface area contributed by atoms with Gasteiger partial charge in [0.1, 0.15) is 4.90 Å². The minimum Gasteiger partial charge on any atom is -0.276 e. The van der Waals surface area contributed by atoms with Crippen LogP contribution in [0.25, 0.3) is 0 Å². The first-order valence-electron chi connectivity index (χ1n) is 4.98. The number of pyridine rings is 1. The fraction of sp³-hybridized carbons (Fsp3) is 0. The van der Waals surface area contributed by atoms with Crippen LogP contribution in [-0.4, -0.2) is 13.4 Å². The first-order chi connectivity index (χ1) is 8.92. The maximum absolute atomic E-state index is 12.2. The highest BCUT2D eigenvalue weighted by atomic mass is 35.5. The van der Waals surface area contributed by atoms with Crippen LogP contribution in [0.4, 0.5) is 5.69 Å². The molecule has 4 nitrogen and oxygen atoms in total. The van der Waals surface area contributed by atoms with Crippen LogP contribution in [0.5, 0.6) is 0 Å². The lowest BCUT2D eigenvalue weighted by Crippen LogP contribution is -2.14. The predicted molar refractivity (Wildman–Crippen MR) is 76.5 cm³/mol. The summed E-state index contributed by atoms with van der Waals surface area (Å²) in [5.41, 5.74) is 0.103. The van der Waals surface area contributed by atoms with Crippen molar-refractivity contribution in [2.45, 2.75) is 4.90 Å². The third kappa shape index (κ3) is 3.12. The minimum absolute atomic E-state index is 0.0608. The standard InChI is InChI=1S/C11H7Cl3N2O2S/c12-7-4-5-15-6-10(7)19(17,18)16-11-8(13)2-1-3-9(11)14/h1-6,16H. The molecule has 0 saturated heterocycles. The third-order valence-corrected chi connectivity index (χ3v) is 4.67. The summed E-state index contributed by atoms with van der Waals surface area (Å²) in [6.07, 6.45) is 2.54. The number of nitrogens with zero attached hydrogens (tertiary/aromatic N) is 1. The Hall–Kier alpha value is -1.01. The molecule has 0 bridgehead atoms. The lowest BCUT2D eigenvalue weighted by Gasteiger charge is -2.11. The van der Waals surface area contributed by atoms with Crippen molar-refractivity contribution in [3.8, 4) is 0 Å². The molecule has 8 heteroatoms. The summed E-state index contributed by atoms with van der Waals surface area (Å²) in [5, 5.41) is 0.442. The number of para-hydroxylation sites is 1. The molecular weight excluding hydrogens is 331 g/mol. The van der Waals surface area contributed by atoms with Crippen LogP contribution in [0, 0.1) is 0 Å². The lowest BCUT2D eigenvalue weighted by atomic mass is 10.3. The van der Waals surface area contributed by atoms with Gasteiger partial charge < -0.3 is 0 Å². The Morgan fingerprint density at radius 2 is 1.63 bits per heavy atom. The van der Waals surface area contributed by atoms with E-state index in [1.54, 1.807) is 6.07 Å². The smallest absolute Gasteiger partial charge is 0.265 e. The van der Waals surface area contributed by atoms with Gasteiger partial charge in [0.05, 0.1) is 20.8 Å². The van der Waals surface area contributed by atoms with Crippen LogP contribution in [-0.2, 0) is 10.0 Å². The van der Waals surface area contributed by atoms with Gasteiger partial charge in [0.25, 0.3) is 10.0 Å². The molecule has 2 aromatic rings. The number of anilines is 1. The fourth-order valence-corrected chi connectivity index (χ4v) is 3.48. The maximum Gasteiger partial charge on any atom is 0.265 e. The molecule has 1 aromatic carbocycles. The first-order valence-corrected chi connectivity index (χ1v) is 7.60. The normalized spacial score (nSPS) is 11.3. The molecule has 19 heavy (non-hydrogen) atoms. The van der Waals surface area contributed by atoms with Gasteiger partial charge in [0.2, 0.25) is 0 Å². The Morgan fingerprint density at radius 3 is 2.21 bits per heavy atom. The first kappa shape index (κ1) is 14.4. The number of nitrogens with one attached hydrogen (secondary N) is 1. The molecule has 0 amide bonds. The molecule has 0 spiro atoms. The number of hydrogen-bond donors (Lipinski definition) is 1. The van der Waals surface area contributed by atoms with Crippen molar-refractivity contribution in [1.29, 1.82) is 0 Å². The Morgan fingerprint density at radius 1 is 1.00 bits per heavy atom. The number of hydrogen-bond acceptors (Lipinski definition) is 3. The topological polar surface area (TPSA) is 59.1 Å². The third-order valence-electron chi connectivity index (χ3n) is 2.22. The van der Waals surface area contributed by atoms with Crippen molar-refractivity contribution < 1.29 is 8.42 Å². The molecule has 100 valence electrons. The van der Waals surface area contributed by atoms with Gasteiger partial charge in [-0.2, -0.15) is 0 Å². The van der Waals surface area contributed by atoms with E-state index in [0.29, 0.717) is 0 Å². The highest BCUT2D eigenvalue weighted by Crippen LogP contribution is 2.32. The van der Waals surface area contributed by atoms with Gasteiger partial charge in [-0.1, -0.05) is 40.9 Å². The van der Waals surface area contributed by atoms with Crippen LogP contribution < -0.4 is 4.72 Å². The lowest BCUT2D eigenvalue weighted by molar-refractivity contribution is 0.601. The molecule has 0 aliphatic carbocycles. The molecule has 2 rings (SSSR count). The predicted octanol–water partition coefficient (Wildman–Crippen LogP) is 3.84. The largest absolute Gasteiger partial charge is 0.276 e. The average molecular weight is 338 g/mol. The number of benzene rings is 1. The van der Waals surface area contributed by atoms with E-state index in [4.69, 9.17) is 34.8 Å². The Labute approximate surface area is 125 Å². The summed E-state index contributed by atoms with van der Waals surface area (Å²) in [6, 6.07) is 6.04. The number of aromatic nitrogens is 1. The van der Waals surface area contributed by atoms with Crippen LogP contribution in [0.2, 0.25) is 15.1 Å². The van der Waals surface area contributed by atoms with Crippen molar-refractivity contribution >= 4 is 50.5 Å². The van der Waals surface area contributed by atoms with Crippen molar-refractivity contribution in [2.75, 3.05) is 4.72 Å². The maximum atomic E-state index is 12.2. The van der Waals surface area contributed by atoms with Crippen LogP contribution >= 0.6 is 34.8 Å². The van der Waals surface area contributed by atoms with Crippen LogP contribution in [0.15, 0.2) is 41.6 Å². The summed E-state index contributed by atoms with van der Waals surface area (Å²) in [6.45, 7) is 0. The van der Waals surface area contributed by atoms with E-state index >= 15 is 0 Å². The zero-order chi connectivity index (χ0) is 14.0. The second-order valence-corrected chi connectivity index (χ2v) is 6.38. The zero-order valence-electron chi connectivity index (χ0n) is 9.27. The number of sulfonamides is 1. The van der Waals surface area contributed by atoms with E-state index in [1.165, 1.54) is 24.4 Å². The second kappa shape index (κ2) is 5.54. The molecular formula is C11H7Cl3N2O2S. The monoisotopic (exact) mass is 336 g/mol. The molecule has 0 aliphatic heterocycles. The van der Waals surface area contributed by atoms with Gasteiger partial charge in [-0.25, -0.2) is 8.42 Å². The summed E-state index contributed by atoms with van der Waals surface area (Å²) in [5.74, 6) is 0. The van der Waals surface area contributed by atoms with Crippen molar-refractivity contribution in [2.24, 2.45) is 0 Å². The summed E-state index contributed by atoms with van der Waals surface area (Å²) >= 11 is 17.6. The van der Waals surface area contributed by atoms with E-state index in [1.807, 2.05) is 0 Å². The SMILES string of the molecule is O=S(=O)(Nc1c(Cl)cccc1Cl)c1cnccc1Cl. The second-order valence-electron chi connectivity index (χ2n) is 3.51. The molecule has 0 saturated carbocycles. The van der Waals surface area contributed by atoms with Crippen LogP contribution in [0.1, 0.15) is 0 Å². The zero-order valence-corrected chi connectivity index (χ0v) is 12.4. The minimum atomic E-state index is -3.90. The highest BCUT2D eigenvalue weighted by Gasteiger charge is 2.20. The molecule has 0 unspecified atom stereocenters. The fourth-order valence-electron chi connectivity index (χ4n) is 1.35.